The van der Waals surface area contributed by atoms with Crippen molar-refractivity contribution in [1.29, 1.82) is 0 Å². The Hall–Kier alpha value is -1.07. The Balaban J connectivity index is 2.31. The summed E-state index contributed by atoms with van der Waals surface area (Å²) < 4.78 is 29.9. The summed E-state index contributed by atoms with van der Waals surface area (Å²) in [5, 5.41) is -0.503. The largest absolute Gasteiger partial charge is 0.497 e. The molecule has 0 saturated carbocycles. The molecule has 0 saturated heterocycles. The van der Waals surface area contributed by atoms with Gasteiger partial charge in [-0.3, -0.25) is 0 Å². The van der Waals surface area contributed by atoms with Crippen molar-refractivity contribution in [2.75, 3.05) is 12.9 Å². The lowest BCUT2D eigenvalue weighted by molar-refractivity contribution is 0.414. The van der Waals surface area contributed by atoms with Crippen LogP contribution in [0.3, 0.4) is 0 Å². The number of methoxy groups -OCH3 is 1. The van der Waals surface area contributed by atoms with Crippen molar-refractivity contribution in [2.24, 2.45) is 11.7 Å². The SMILES string of the molecule is COc1ccc2c(c1)C(N)C(S(=O)(=O)CC(C)C)C2. The summed E-state index contributed by atoms with van der Waals surface area (Å²) in [5.74, 6) is 1.03. The van der Waals surface area contributed by atoms with Gasteiger partial charge in [0.1, 0.15) is 5.75 Å². The van der Waals surface area contributed by atoms with Gasteiger partial charge < -0.3 is 10.5 Å². The first-order valence-electron chi connectivity index (χ1n) is 6.49. The summed E-state index contributed by atoms with van der Waals surface area (Å²) in [7, 11) is -1.57. The van der Waals surface area contributed by atoms with Gasteiger partial charge in [0, 0.05) is 6.04 Å². The van der Waals surface area contributed by atoms with Crippen molar-refractivity contribution in [3.63, 3.8) is 0 Å². The van der Waals surface area contributed by atoms with Gasteiger partial charge in [-0.2, -0.15) is 0 Å². The molecule has 0 aromatic heterocycles. The van der Waals surface area contributed by atoms with Crippen LogP contribution in [0.15, 0.2) is 18.2 Å². The van der Waals surface area contributed by atoms with Crippen LogP contribution >= 0.6 is 0 Å². The fourth-order valence-corrected chi connectivity index (χ4v) is 4.88. The van der Waals surface area contributed by atoms with E-state index in [-0.39, 0.29) is 11.7 Å². The molecule has 0 aliphatic heterocycles. The van der Waals surface area contributed by atoms with Crippen LogP contribution < -0.4 is 10.5 Å². The van der Waals surface area contributed by atoms with Crippen LogP contribution in [0.4, 0.5) is 0 Å². The van der Waals surface area contributed by atoms with Gasteiger partial charge in [-0.15, -0.1) is 0 Å². The van der Waals surface area contributed by atoms with Crippen molar-refractivity contribution in [3.05, 3.63) is 29.3 Å². The number of hydrogen-bond donors (Lipinski definition) is 1. The van der Waals surface area contributed by atoms with Crippen LogP contribution in [0.25, 0.3) is 0 Å². The van der Waals surface area contributed by atoms with Gasteiger partial charge in [0.2, 0.25) is 0 Å². The third-order valence-electron chi connectivity index (χ3n) is 3.56. The van der Waals surface area contributed by atoms with Gasteiger partial charge in [-0.1, -0.05) is 19.9 Å². The van der Waals surface area contributed by atoms with E-state index in [0.29, 0.717) is 6.42 Å². The average molecular weight is 283 g/mol. The first kappa shape index (κ1) is 14.3. The zero-order valence-electron chi connectivity index (χ0n) is 11.6. The molecule has 1 aromatic rings. The first-order valence-corrected chi connectivity index (χ1v) is 8.20. The summed E-state index contributed by atoms with van der Waals surface area (Å²) in [6.07, 6.45) is 0.509. The second-order valence-corrected chi connectivity index (χ2v) is 7.82. The van der Waals surface area contributed by atoms with Crippen LogP contribution in [0, 0.1) is 5.92 Å². The molecule has 106 valence electrons. The Morgan fingerprint density at radius 2 is 2.11 bits per heavy atom. The van der Waals surface area contributed by atoms with E-state index >= 15 is 0 Å². The standard InChI is InChI=1S/C14H21NO3S/c1-9(2)8-19(16,17)13-6-10-4-5-11(18-3)7-12(10)14(13)15/h4-5,7,9,13-14H,6,8,15H2,1-3H3. The van der Waals surface area contributed by atoms with Crippen LogP contribution in [-0.4, -0.2) is 26.5 Å². The van der Waals surface area contributed by atoms with Gasteiger partial charge in [0.25, 0.3) is 0 Å². The van der Waals surface area contributed by atoms with Crippen LogP contribution in [0.1, 0.15) is 31.0 Å². The highest BCUT2D eigenvalue weighted by molar-refractivity contribution is 7.92. The fourth-order valence-electron chi connectivity index (χ4n) is 2.68. The van der Waals surface area contributed by atoms with E-state index in [4.69, 9.17) is 10.5 Å². The quantitative estimate of drug-likeness (QED) is 0.913. The maximum Gasteiger partial charge on any atom is 0.155 e. The maximum absolute atomic E-state index is 12.4. The predicted molar refractivity (Wildman–Crippen MR) is 76.0 cm³/mol. The molecule has 1 aromatic carbocycles. The van der Waals surface area contributed by atoms with Gasteiger partial charge in [0.15, 0.2) is 9.84 Å². The smallest absolute Gasteiger partial charge is 0.155 e. The number of fused-ring (bicyclic) bond motifs is 1. The lowest BCUT2D eigenvalue weighted by Gasteiger charge is -2.18. The monoisotopic (exact) mass is 283 g/mol. The molecule has 19 heavy (non-hydrogen) atoms. The number of rotatable bonds is 4. The first-order chi connectivity index (χ1) is 8.85. The Morgan fingerprint density at radius 1 is 1.42 bits per heavy atom. The number of sulfone groups is 1. The fraction of sp³-hybridized carbons (Fsp3) is 0.571. The van der Waals surface area contributed by atoms with E-state index in [1.165, 1.54) is 0 Å². The van der Waals surface area contributed by atoms with E-state index in [1.807, 2.05) is 32.0 Å². The highest BCUT2D eigenvalue weighted by atomic mass is 32.2. The lowest BCUT2D eigenvalue weighted by atomic mass is 10.1. The van der Waals surface area contributed by atoms with Gasteiger partial charge >= 0.3 is 0 Å². The molecular weight excluding hydrogens is 262 g/mol. The highest BCUT2D eigenvalue weighted by Crippen LogP contribution is 2.36. The molecule has 0 radical (unpaired) electrons. The molecule has 0 amide bonds. The van der Waals surface area contributed by atoms with Crippen LogP contribution in [0.2, 0.25) is 0 Å². The summed E-state index contributed by atoms with van der Waals surface area (Å²) >= 11 is 0. The van der Waals surface area contributed by atoms with Crippen molar-refractivity contribution in [1.82, 2.24) is 0 Å². The maximum atomic E-state index is 12.4. The molecule has 1 aliphatic carbocycles. The molecule has 4 nitrogen and oxygen atoms in total. The summed E-state index contributed by atoms with van der Waals surface area (Å²) in [6, 6.07) is 5.17. The number of hydrogen-bond acceptors (Lipinski definition) is 4. The molecule has 1 aliphatic rings. The van der Waals surface area contributed by atoms with E-state index in [9.17, 15) is 8.42 Å². The summed E-state index contributed by atoms with van der Waals surface area (Å²) in [6.45, 7) is 3.82. The molecule has 2 unspecified atom stereocenters. The molecule has 0 bridgehead atoms. The third kappa shape index (κ3) is 2.77. The normalized spacial score (nSPS) is 22.6. The molecule has 0 spiro atoms. The van der Waals surface area contributed by atoms with Gasteiger partial charge in [-0.25, -0.2) is 8.42 Å². The Morgan fingerprint density at radius 3 is 2.68 bits per heavy atom. The molecule has 0 fully saturated rings. The zero-order chi connectivity index (χ0) is 14.2. The molecule has 2 N–H and O–H groups in total. The molecular formula is C14H21NO3S. The van der Waals surface area contributed by atoms with Crippen molar-refractivity contribution < 1.29 is 13.2 Å². The summed E-state index contributed by atoms with van der Waals surface area (Å²) in [5.41, 5.74) is 8.06. The molecule has 0 heterocycles. The van der Waals surface area contributed by atoms with Crippen molar-refractivity contribution in [2.45, 2.75) is 31.6 Å². The molecule has 2 rings (SSSR count). The molecule has 5 heteroatoms. The minimum absolute atomic E-state index is 0.121. The van der Waals surface area contributed by atoms with E-state index < -0.39 is 21.1 Å². The van der Waals surface area contributed by atoms with Crippen molar-refractivity contribution in [3.8, 4) is 5.75 Å². The van der Waals surface area contributed by atoms with Gasteiger partial charge in [-0.05, 0) is 35.6 Å². The van der Waals surface area contributed by atoms with Crippen LogP contribution in [0.5, 0.6) is 5.75 Å². The molecule has 2 atom stereocenters. The second-order valence-electron chi connectivity index (χ2n) is 5.56. The van der Waals surface area contributed by atoms with E-state index in [1.54, 1.807) is 7.11 Å². The van der Waals surface area contributed by atoms with Gasteiger partial charge in [0.05, 0.1) is 18.1 Å². The average Bonchev–Trinajstić information content (AvgIpc) is 2.65. The minimum Gasteiger partial charge on any atom is -0.497 e. The Labute approximate surface area is 114 Å². The Kier molecular flexibility index (Phi) is 3.87. The highest BCUT2D eigenvalue weighted by Gasteiger charge is 2.39. The third-order valence-corrected chi connectivity index (χ3v) is 6.07. The summed E-state index contributed by atoms with van der Waals surface area (Å²) in [4.78, 5) is 0. The topological polar surface area (TPSA) is 69.4 Å². The minimum atomic E-state index is -3.16. The number of nitrogens with two attached hydrogens (primary N) is 1. The van der Waals surface area contributed by atoms with E-state index in [2.05, 4.69) is 0 Å². The van der Waals surface area contributed by atoms with E-state index in [0.717, 1.165) is 16.9 Å². The lowest BCUT2D eigenvalue weighted by Crippen LogP contribution is -2.33. The zero-order valence-corrected chi connectivity index (χ0v) is 12.4. The Bertz CT molecular complexity index is 566. The second kappa shape index (κ2) is 5.13. The van der Waals surface area contributed by atoms with Crippen molar-refractivity contribution >= 4 is 9.84 Å². The predicted octanol–water partition coefficient (Wildman–Crippen LogP) is 1.69. The van der Waals surface area contributed by atoms with Crippen LogP contribution in [-0.2, 0) is 16.3 Å². The number of benzene rings is 1. The number of ether oxygens (including phenoxy) is 1.